The molecule has 1 aromatic heterocycles. The molecule has 9 heteroatoms. The first kappa shape index (κ1) is 25.9. The Labute approximate surface area is 242 Å². The summed E-state index contributed by atoms with van der Waals surface area (Å²) in [7, 11) is 1.89. The molecule has 1 saturated heterocycles. The molecule has 1 aliphatic carbocycles. The maximum Gasteiger partial charge on any atom is 0.329 e. The van der Waals surface area contributed by atoms with Crippen LogP contribution in [0.25, 0.3) is 11.4 Å². The van der Waals surface area contributed by atoms with Gasteiger partial charge in [-0.25, -0.2) is 14.2 Å². The van der Waals surface area contributed by atoms with E-state index in [4.69, 9.17) is 11.6 Å². The maximum absolute atomic E-state index is 14.4. The summed E-state index contributed by atoms with van der Waals surface area (Å²) in [6.45, 7) is 2.90. The molecule has 0 bridgehead atoms. The summed E-state index contributed by atoms with van der Waals surface area (Å²) in [5.41, 5.74) is 6.69. The van der Waals surface area contributed by atoms with Crippen molar-refractivity contribution in [3.8, 4) is 11.4 Å². The number of imide groups is 1. The van der Waals surface area contributed by atoms with Gasteiger partial charge in [-0.15, -0.1) is 0 Å². The minimum absolute atomic E-state index is 0.146. The highest BCUT2D eigenvalue weighted by molar-refractivity contribution is 6.31. The van der Waals surface area contributed by atoms with Crippen LogP contribution >= 0.6 is 11.6 Å². The lowest BCUT2D eigenvalue weighted by Crippen LogP contribution is -2.50. The van der Waals surface area contributed by atoms with E-state index in [-0.39, 0.29) is 24.1 Å². The minimum Gasteiger partial charge on any atom is -0.314 e. The van der Waals surface area contributed by atoms with Gasteiger partial charge in [0.15, 0.2) is 0 Å². The SMILES string of the molecule is Cn1c(N2CCC(=O)NC2=O)cnc1-c1ccc2c(c1)CN(Cc1ccc(C3CC3c3c(F)cccc3Cl)cc1)C2. The number of carbonyl (C=O) groups excluding carboxylic acids is 2. The standard InChI is InChI=1S/C32H29ClFN5O2/c1-37-29(39-12-11-28(40)36-32(39)41)15-35-31(37)21-9-10-22-17-38(18-23(22)13-21)16-19-5-7-20(8-6-19)24-14-25(24)30-26(33)3-2-4-27(30)34/h2-10,13,15,24-25H,11-12,14,16-18H2,1H3,(H,36,40,41). The van der Waals surface area contributed by atoms with Crippen molar-refractivity contribution in [3.05, 3.63) is 106 Å². The zero-order valence-corrected chi connectivity index (χ0v) is 23.4. The lowest BCUT2D eigenvalue weighted by atomic mass is 10.0. The van der Waals surface area contributed by atoms with Crippen LogP contribution in [-0.2, 0) is 31.5 Å². The quantitative estimate of drug-likeness (QED) is 0.304. The molecule has 3 aromatic carbocycles. The molecular weight excluding hydrogens is 541 g/mol. The Morgan fingerprint density at radius 2 is 1.83 bits per heavy atom. The van der Waals surface area contributed by atoms with E-state index >= 15 is 0 Å². The zero-order chi connectivity index (χ0) is 28.2. The Balaban J connectivity index is 1.01. The molecule has 7 nitrogen and oxygen atoms in total. The second kappa shape index (κ2) is 10.1. The molecule has 41 heavy (non-hydrogen) atoms. The fourth-order valence-corrected chi connectivity index (χ4v) is 6.60. The molecule has 3 amide bonds. The molecule has 2 aliphatic heterocycles. The van der Waals surface area contributed by atoms with E-state index in [1.54, 1.807) is 23.2 Å². The highest BCUT2D eigenvalue weighted by Gasteiger charge is 2.42. The first-order valence-electron chi connectivity index (χ1n) is 13.9. The summed E-state index contributed by atoms with van der Waals surface area (Å²) in [6.07, 6.45) is 2.88. The molecular formula is C32H29ClFN5O2. The Bertz CT molecular complexity index is 1660. The largest absolute Gasteiger partial charge is 0.329 e. The van der Waals surface area contributed by atoms with Gasteiger partial charge in [0, 0.05) is 55.8 Å². The zero-order valence-electron chi connectivity index (χ0n) is 22.6. The Hall–Kier alpha value is -4.01. The van der Waals surface area contributed by atoms with Crippen molar-refractivity contribution in [1.82, 2.24) is 19.8 Å². The van der Waals surface area contributed by atoms with Crippen LogP contribution in [0.5, 0.6) is 0 Å². The number of carbonyl (C=O) groups is 2. The highest BCUT2D eigenvalue weighted by Crippen LogP contribution is 2.56. The van der Waals surface area contributed by atoms with E-state index in [0.29, 0.717) is 28.9 Å². The van der Waals surface area contributed by atoms with Crippen molar-refractivity contribution < 1.29 is 14.0 Å². The molecule has 2 atom stereocenters. The van der Waals surface area contributed by atoms with Crippen LogP contribution in [0.1, 0.15) is 52.5 Å². The third-order valence-corrected chi connectivity index (χ3v) is 8.85. The molecule has 1 N–H and O–H groups in total. The summed E-state index contributed by atoms with van der Waals surface area (Å²) >= 11 is 6.29. The van der Waals surface area contributed by atoms with Crippen molar-refractivity contribution in [2.45, 2.75) is 44.3 Å². The number of hydrogen-bond acceptors (Lipinski definition) is 4. The number of anilines is 1. The second-order valence-electron chi connectivity index (χ2n) is 11.2. The van der Waals surface area contributed by atoms with E-state index < -0.39 is 6.03 Å². The monoisotopic (exact) mass is 569 g/mol. The van der Waals surface area contributed by atoms with Crippen LogP contribution in [0.15, 0.2) is 66.9 Å². The van der Waals surface area contributed by atoms with E-state index in [2.05, 4.69) is 57.7 Å². The van der Waals surface area contributed by atoms with Gasteiger partial charge < -0.3 is 4.57 Å². The fraction of sp³-hybridized carbons (Fsp3) is 0.281. The summed E-state index contributed by atoms with van der Waals surface area (Å²) in [5.74, 6) is 1.42. The van der Waals surface area contributed by atoms with Crippen molar-refractivity contribution in [3.63, 3.8) is 0 Å². The molecule has 3 heterocycles. The third-order valence-electron chi connectivity index (χ3n) is 8.52. The summed E-state index contributed by atoms with van der Waals surface area (Å²) < 4.78 is 16.3. The van der Waals surface area contributed by atoms with Crippen LogP contribution in [0, 0.1) is 5.82 Å². The van der Waals surface area contributed by atoms with Crippen molar-refractivity contribution in [2.24, 2.45) is 7.05 Å². The van der Waals surface area contributed by atoms with Crippen molar-refractivity contribution in [2.75, 3.05) is 11.4 Å². The molecule has 4 aromatic rings. The van der Waals surface area contributed by atoms with Gasteiger partial charge in [0.2, 0.25) is 5.91 Å². The average molecular weight is 570 g/mol. The van der Waals surface area contributed by atoms with Crippen molar-refractivity contribution >= 4 is 29.4 Å². The number of amides is 3. The van der Waals surface area contributed by atoms with Gasteiger partial charge in [-0.05, 0) is 58.7 Å². The number of hydrogen-bond donors (Lipinski definition) is 1. The number of nitrogens with zero attached hydrogens (tertiary/aromatic N) is 4. The van der Waals surface area contributed by atoms with Gasteiger partial charge >= 0.3 is 6.03 Å². The van der Waals surface area contributed by atoms with Crippen LogP contribution in [0.3, 0.4) is 0 Å². The Kier molecular flexibility index (Phi) is 6.40. The molecule has 1 saturated carbocycles. The number of fused-ring (bicyclic) bond motifs is 1. The first-order chi connectivity index (χ1) is 19.9. The van der Waals surface area contributed by atoms with Gasteiger partial charge in [-0.3, -0.25) is 19.9 Å². The Morgan fingerprint density at radius 1 is 1.02 bits per heavy atom. The number of rotatable bonds is 6. The van der Waals surface area contributed by atoms with Gasteiger partial charge in [0.25, 0.3) is 0 Å². The van der Waals surface area contributed by atoms with Crippen molar-refractivity contribution in [1.29, 1.82) is 0 Å². The Morgan fingerprint density at radius 3 is 2.61 bits per heavy atom. The molecule has 3 aliphatic rings. The summed E-state index contributed by atoms with van der Waals surface area (Å²) in [6, 6.07) is 19.6. The molecule has 0 radical (unpaired) electrons. The van der Waals surface area contributed by atoms with Gasteiger partial charge in [-0.2, -0.15) is 0 Å². The minimum atomic E-state index is -0.417. The van der Waals surface area contributed by atoms with E-state index in [1.807, 2.05) is 11.6 Å². The smallest absolute Gasteiger partial charge is 0.314 e. The van der Waals surface area contributed by atoms with Crippen LogP contribution in [0.2, 0.25) is 5.02 Å². The number of nitrogens with one attached hydrogen (secondary N) is 1. The van der Waals surface area contributed by atoms with Gasteiger partial charge in [0.1, 0.15) is 17.5 Å². The first-order valence-corrected chi connectivity index (χ1v) is 14.2. The topological polar surface area (TPSA) is 70.5 Å². The van der Waals surface area contributed by atoms with Gasteiger partial charge in [-0.1, -0.05) is 54.1 Å². The molecule has 208 valence electrons. The van der Waals surface area contributed by atoms with Crippen LogP contribution in [0.4, 0.5) is 15.0 Å². The van der Waals surface area contributed by atoms with E-state index in [0.717, 1.165) is 37.4 Å². The molecule has 2 fully saturated rings. The average Bonchev–Trinajstić information content (AvgIpc) is 3.47. The number of urea groups is 1. The second-order valence-corrected chi connectivity index (χ2v) is 11.6. The number of imidazole rings is 1. The van der Waals surface area contributed by atoms with E-state index in [9.17, 15) is 14.0 Å². The predicted molar refractivity (Wildman–Crippen MR) is 155 cm³/mol. The number of halogens is 2. The normalized spacial score (nSPS) is 20.3. The lowest BCUT2D eigenvalue weighted by Gasteiger charge is -2.26. The summed E-state index contributed by atoms with van der Waals surface area (Å²) in [4.78, 5) is 32.4. The van der Waals surface area contributed by atoms with E-state index in [1.165, 1.54) is 28.3 Å². The number of benzene rings is 3. The van der Waals surface area contributed by atoms with Gasteiger partial charge in [0.05, 0.1) is 6.20 Å². The molecule has 0 spiro atoms. The lowest BCUT2D eigenvalue weighted by molar-refractivity contribution is -0.120. The fourth-order valence-electron chi connectivity index (χ4n) is 6.29. The number of aromatic nitrogens is 2. The predicted octanol–water partition coefficient (Wildman–Crippen LogP) is 6.11. The summed E-state index contributed by atoms with van der Waals surface area (Å²) in [5, 5.41) is 2.89. The molecule has 7 rings (SSSR count). The third kappa shape index (κ3) is 4.81. The van der Waals surface area contributed by atoms with Crippen LogP contribution in [-0.4, -0.2) is 32.9 Å². The van der Waals surface area contributed by atoms with Crippen LogP contribution < -0.4 is 10.2 Å². The maximum atomic E-state index is 14.4. The molecule has 2 unspecified atom stereocenters. The highest BCUT2D eigenvalue weighted by atomic mass is 35.5.